The van der Waals surface area contributed by atoms with Gasteiger partial charge in [0.15, 0.2) is 5.78 Å². The number of benzene rings is 2. The molecule has 0 unspecified atom stereocenters. The summed E-state index contributed by atoms with van der Waals surface area (Å²) < 4.78 is 40.6. The third-order valence-corrected chi connectivity index (χ3v) is 2.67. The Bertz CT molecular complexity index is 761. The number of nitro benzene ring substituents is 1. The summed E-state index contributed by atoms with van der Waals surface area (Å²) in [6.45, 7) is 0. The molecule has 0 aromatic heterocycles. The van der Waals surface area contributed by atoms with Crippen LogP contribution >= 0.6 is 0 Å². The molecule has 0 fully saturated rings. The Labute approximate surface area is 115 Å². The maximum atomic E-state index is 13.7. The molecule has 2 aromatic rings. The van der Waals surface area contributed by atoms with Gasteiger partial charge in [-0.2, -0.15) is 4.39 Å². The molecule has 0 aliphatic carbocycles. The van der Waals surface area contributed by atoms with Crippen LogP contribution in [0.1, 0.15) is 15.9 Å². The number of nitrogens with zero attached hydrogens (tertiary/aromatic N) is 1. The van der Waals surface area contributed by atoms with Crippen molar-refractivity contribution in [2.45, 2.75) is 0 Å². The summed E-state index contributed by atoms with van der Waals surface area (Å²) in [5.41, 5.74) is -2.69. The van der Waals surface area contributed by atoms with Crippen LogP contribution in [0.5, 0.6) is 5.75 Å². The molecule has 1 N–H and O–H groups in total. The summed E-state index contributed by atoms with van der Waals surface area (Å²) in [4.78, 5) is 21.2. The first-order valence-corrected chi connectivity index (χ1v) is 5.48. The fourth-order valence-electron chi connectivity index (χ4n) is 1.68. The molecule has 0 aliphatic heterocycles. The molecule has 21 heavy (non-hydrogen) atoms. The van der Waals surface area contributed by atoms with Crippen LogP contribution in [0, 0.1) is 27.6 Å². The second-order valence-corrected chi connectivity index (χ2v) is 4.03. The van der Waals surface area contributed by atoms with E-state index in [2.05, 4.69) is 0 Å². The van der Waals surface area contributed by atoms with Gasteiger partial charge in [0.25, 0.3) is 0 Å². The predicted molar refractivity (Wildman–Crippen MR) is 64.5 cm³/mol. The highest BCUT2D eigenvalue weighted by Crippen LogP contribution is 2.25. The minimum absolute atomic E-state index is 0.239. The van der Waals surface area contributed by atoms with Gasteiger partial charge in [0.2, 0.25) is 5.82 Å². The number of rotatable bonds is 3. The standard InChI is InChI=1S/C13H6F3NO4/c14-9-2-1-6(18)3-7(9)13(19)8-4-11(16)12(17(20)21)5-10(8)15/h1-5,18H. The van der Waals surface area contributed by atoms with Crippen LogP contribution in [0.25, 0.3) is 0 Å². The SMILES string of the molecule is O=C(c1cc(O)ccc1F)c1cc(F)c([N+](=O)[O-])cc1F. The Morgan fingerprint density at radius 2 is 1.62 bits per heavy atom. The van der Waals surface area contributed by atoms with E-state index in [0.717, 1.165) is 18.2 Å². The number of phenolic OH excluding ortho intramolecular Hbond substituents is 1. The zero-order valence-electron chi connectivity index (χ0n) is 10.1. The summed E-state index contributed by atoms with van der Waals surface area (Å²) in [6, 6.07) is 3.06. The van der Waals surface area contributed by atoms with E-state index in [1.807, 2.05) is 0 Å². The predicted octanol–water partition coefficient (Wildman–Crippen LogP) is 2.95. The van der Waals surface area contributed by atoms with E-state index in [4.69, 9.17) is 0 Å². The van der Waals surface area contributed by atoms with Crippen molar-refractivity contribution in [2.24, 2.45) is 0 Å². The summed E-state index contributed by atoms with van der Waals surface area (Å²) in [6.07, 6.45) is 0. The van der Waals surface area contributed by atoms with E-state index >= 15 is 0 Å². The van der Waals surface area contributed by atoms with Crippen molar-refractivity contribution in [1.82, 2.24) is 0 Å². The Morgan fingerprint density at radius 1 is 1.00 bits per heavy atom. The molecule has 108 valence electrons. The zero-order valence-corrected chi connectivity index (χ0v) is 10.1. The molecule has 0 saturated heterocycles. The van der Waals surface area contributed by atoms with Crippen LogP contribution in [0.3, 0.4) is 0 Å². The maximum absolute atomic E-state index is 13.7. The first-order valence-electron chi connectivity index (χ1n) is 5.48. The quantitative estimate of drug-likeness (QED) is 0.536. The number of halogens is 3. The fraction of sp³-hybridized carbons (Fsp3) is 0. The molecular formula is C13H6F3NO4. The molecule has 0 heterocycles. The summed E-state index contributed by atoms with van der Waals surface area (Å²) >= 11 is 0. The third kappa shape index (κ3) is 2.69. The Balaban J connectivity index is 2.56. The van der Waals surface area contributed by atoms with Crippen molar-refractivity contribution >= 4 is 11.5 Å². The Kier molecular flexibility index (Phi) is 3.62. The van der Waals surface area contributed by atoms with E-state index in [1.165, 1.54) is 0 Å². The lowest BCUT2D eigenvalue weighted by Crippen LogP contribution is -2.08. The number of aromatic hydroxyl groups is 1. The van der Waals surface area contributed by atoms with Gasteiger partial charge >= 0.3 is 5.69 Å². The van der Waals surface area contributed by atoms with Crippen LogP contribution in [-0.2, 0) is 0 Å². The van der Waals surface area contributed by atoms with Crippen LogP contribution in [0.4, 0.5) is 18.9 Å². The van der Waals surface area contributed by atoms with Gasteiger partial charge < -0.3 is 5.11 Å². The highest BCUT2D eigenvalue weighted by molar-refractivity contribution is 6.09. The lowest BCUT2D eigenvalue weighted by Gasteiger charge is -2.05. The molecule has 8 heteroatoms. The number of nitro groups is 1. The smallest absolute Gasteiger partial charge is 0.307 e. The molecule has 0 atom stereocenters. The Morgan fingerprint density at radius 3 is 2.24 bits per heavy atom. The van der Waals surface area contributed by atoms with Crippen LogP contribution in [-0.4, -0.2) is 15.8 Å². The molecule has 2 rings (SSSR count). The first-order chi connectivity index (χ1) is 9.81. The van der Waals surface area contributed by atoms with Gasteiger partial charge in [-0.05, 0) is 24.3 Å². The van der Waals surface area contributed by atoms with Gasteiger partial charge in [-0.25, -0.2) is 8.78 Å². The molecule has 0 aliphatic rings. The molecule has 0 radical (unpaired) electrons. The number of carbonyl (C=O) groups is 1. The average molecular weight is 297 g/mol. The molecule has 5 nitrogen and oxygen atoms in total. The minimum atomic E-state index is -1.43. The van der Waals surface area contributed by atoms with Gasteiger partial charge in [-0.3, -0.25) is 14.9 Å². The largest absolute Gasteiger partial charge is 0.508 e. The van der Waals surface area contributed by atoms with Crippen LogP contribution < -0.4 is 0 Å². The van der Waals surface area contributed by atoms with E-state index in [-0.39, 0.29) is 6.07 Å². The van der Waals surface area contributed by atoms with Gasteiger partial charge in [0.1, 0.15) is 17.4 Å². The first kappa shape index (κ1) is 14.5. The molecule has 0 saturated carbocycles. The second-order valence-electron chi connectivity index (χ2n) is 4.03. The van der Waals surface area contributed by atoms with Gasteiger partial charge in [0.05, 0.1) is 22.1 Å². The van der Waals surface area contributed by atoms with Crippen molar-refractivity contribution in [3.63, 3.8) is 0 Å². The topological polar surface area (TPSA) is 80.4 Å². The number of hydrogen-bond acceptors (Lipinski definition) is 4. The third-order valence-electron chi connectivity index (χ3n) is 2.67. The van der Waals surface area contributed by atoms with Crippen molar-refractivity contribution in [1.29, 1.82) is 0 Å². The highest BCUT2D eigenvalue weighted by Gasteiger charge is 2.24. The van der Waals surface area contributed by atoms with Crippen LogP contribution in [0.15, 0.2) is 30.3 Å². The fourth-order valence-corrected chi connectivity index (χ4v) is 1.68. The van der Waals surface area contributed by atoms with Gasteiger partial charge in [-0.15, -0.1) is 0 Å². The zero-order chi connectivity index (χ0) is 15.7. The lowest BCUT2D eigenvalue weighted by atomic mass is 10.0. The maximum Gasteiger partial charge on any atom is 0.307 e. The molecule has 0 spiro atoms. The lowest BCUT2D eigenvalue weighted by molar-refractivity contribution is -0.387. The van der Waals surface area contributed by atoms with Crippen molar-refractivity contribution in [2.75, 3.05) is 0 Å². The van der Waals surface area contributed by atoms with Crippen molar-refractivity contribution < 1.29 is 28.0 Å². The number of carbonyl (C=O) groups excluding carboxylic acids is 1. The normalized spacial score (nSPS) is 10.4. The number of ketones is 1. The minimum Gasteiger partial charge on any atom is -0.508 e. The van der Waals surface area contributed by atoms with Gasteiger partial charge in [-0.1, -0.05) is 0 Å². The summed E-state index contributed by atoms with van der Waals surface area (Å²) in [5.74, 6) is -5.52. The average Bonchev–Trinajstić information content (AvgIpc) is 2.42. The van der Waals surface area contributed by atoms with Gasteiger partial charge in [0, 0.05) is 0 Å². The van der Waals surface area contributed by atoms with Crippen molar-refractivity contribution in [3.8, 4) is 5.75 Å². The second kappa shape index (κ2) is 5.23. The molecule has 2 aromatic carbocycles. The summed E-state index contributed by atoms with van der Waals surface area (Å²) in [7, 11) is 0. The van der Waals surface area contributed by atoms with E-state index in [0.29, 0.717) is 6.07 Å². The Hall–Kier alpha value is -2.90. The number of hydrogen-bond donors (Lipinski definition) is 1. The van der Waals surface area contributed by atoms with Crippen LogP contribution in [0.2, 0.25) is 0 Å². The molecular weight excluding hydrogens is 291 g/mol. The van der Waals surface area contributed by atoms with Crippen molar-refractivity contribution in [3.05, 3.63) is 69.0 Å². The van der Waals surface area contributed by atoms with E-state index in [1.54, 1.807) is 0 Å². The van der Waals surface area contributed by atoms with E-state index < -0.39 is 50.7 Å². The number of phenols is 1. The molecule has 0 amide bonds. The van der Waals surface area contributed by atoms with E-state index in [9.17, 15) is 33.2 Å². The molecule has 0 bridgehead atoms. The summed E-state index contributed by atoms with van der Waals surface area (Å²) in [5, 5.41) is 19.6. The monoisotopic (exact) mass is 297 g/mol. The highest BCUT2D eigenvalue weighted by atomic mass is 19.1.